The number of benzene rings is 2. The number of nitrogens with one attached hydrogen (secondary N) is 2. The molecular formula is C18H20N2O3. The van der Waals surface area contributed by atoms with E-state index in [1.54, 1.807) is 18.2 Å². The Kier molecular flexibility index (Phi) is 5.01. The Morgan fingerprint density at radius 2 is 1.74 bits per heavy atom. The summed E-state index contributed by atoms with van der Waals surface area (Å²) < 4.78 is 5.24. The summed E-state index contributed by atoms with van der Waals surface area (Å²) in [5.74, 6) is -0.0433. The van der Waals surface area contributed by atoms with Gasteiger partial charge in [-0.25, -0.2) is 0 Å². The summed E-state index contributed by atoms with van der Waals surface area (Å²) in [6, 6.07) is 10.7. The Morgan fingerprint density at radius 1 is 1.00 bits per heavy atom. The van der Waals surface area contributed by atoms with E-state index in [-0.39, 0.29) is 11.8 Å². The molecular weight excluding hydrogens is 292 g/mol. The number of anilines is 2. The molecule has 2 aromatic carbocycles. The molecule has 120 valence electrons. The van der Waals surface area contributed by atoms with Crippen LogP contribution in [0, 0.1) is 13.8 Å². The third-order valence-corrected chi connectivity index (χ3v) is 3.39. The molecule has 2 aromatic rings. The fourth-order valence-electron chi connectivity index (χ4n) is 2.31. The minimum absolute atomic E-state index is 0.198. The largest absolute Gasteiger partial charge is 0.496 e. The number of carbonyl (C=O) groups is 2. The van der Waals surface area contributed by atoms with Gasteiger partial charge in [-0.2, -0.15) is 0 Å². The molecule has 0 radical (unpaired) electrons. The lowest BCUT2D eigenvalue weighted by Crippen LogP contribution is -2.15. The van der Waals surface area contributed by atoms with Crippen LogP contribution in [0.25, 0.3) is 0 Å². The summed E-state index contributed by atoms with van der Waals surface area (Å²) in [6.45, 7) is 5.35. The van der Waals surface area contributed by atoms with Crippen LogP contribution in [0.3, 0.4) is 0 Å². The number of rotatable bonds is 4. The first-order valence-electron chi connectivity index (χ1n) is 7.25. The number of aryl methyl sites for hydroxylation is 2. The summed E-state index contributed by atoms with van der Waals surface area (Å²) >= 11 is 0. The maximum Gasteiger partial charge on any atom is 0.259 e. The van der Waals surface area contributed by atoms with E-state index in [2.05, 4.69) is 10.6 Å². The lowest BCUT2D eigenvalue weighted by Gasteiger charge is -2.13. The molecule has 0 atom stereocenters. The van der Waals surface area contributed by atoms with Crippen LogP contribution in [0.2, 0.25) is 0 Å². The van der Waals surface area contributed by atoms with Crippen molar-refractivity contribution in [1.82, 2.24) is 0 Å². The molecule has 0 aliphatic rings. The minimum atomic E-state index is -0.291. The van der Waals surface area contributed by atoms with Gasteiger partial charge in [-0.15, -0.1) is 0 Å². The Balaban J connectivity index is 2.31. The number of hydrogen-bond donors (Lipinski definition) is 2. The average Bonchev–Trinajstić information content (AvgIpc) is 2.49. The Bertz CT molecular complexity index is 754. The molecule has 5 heteroatoms. The summed E-state index contributed by atoms with van der Waals surface area (Å²) in [5, 5.41) is 5.54. The number of ether oxygens (including phenoxy) is 1. The molecule has 2 rings (SSSR count). The van der Waals surface area contributed by atoms with Crippen molar-refractivity contribution in [1.29, 1.82) is 0 Å². The van der Waals surface area contributed by atoms with Crippen LogP contribution in [0.1, 0.15) is 28.4 Å². The van der Waals surface area contributed by atoms with Gasteiger partial charge in [0.1, 0.15) is 5.75 Å². The van der Waals surface area contributed by atoms with Gasteiger partial charge in [-0.3, -0.25) is 9.59 Å². The first-order valence-corrected chi connectivity index (χ1v) is 7.25. The zero-order valence-electron chi connectivity index (χ0n) is 13.7. The molecule has 0 saturated heterocycles. The molecule has 0 fully saturated rings. The molecule has 0 aliphatic carbocycles. The topological polar surface area (TPSA) is 67.4 Å². The standard InChI is InChI=1S/C18H20N2O3/c1-11-5-7-16(12(2)9-11)20-18(22)15-10-14(19-13(3)21)6-8-17(15)23-4/h5-10H,1-4H3,(H,19,21)(H,20,22). The van der Waals surface area contributed by atoms with Crippen LogP contribution in [-0.2, 0) is 4.79 Å². The SMILES string of the molecule is COc1ccc(NC(C)=O)cc1C(=O)Nc1ccc(C)cc1C. The van der Waals surface area contributed by atoms with Crippen LogP contribution in [0.15, 0.2) is 36.4 Å². The fourth-order valence-corrected chi connectivity index (χ4v) is 2.31. The van der Waals surface area contributed by atoms with E-state index >= 15 is 0 Å². The zero-order chi connectivity index (χ0) is 17.0. The normalized spacial score (nSPS) is 10.1. The van der Waals surface area contributed by atoms with Gasteiger partial charge in [0, 0.05) is 18.3 Å². The van der Waals surface area contributed by atoms with Gasteiger partial charge in [0.15, 0.2) is 0 Å². The summed E-state index contributed by atoms with van der Waals surface area (Å²) in [4.78, 5) is 23.7. The summed E-state index contributed by atoms with van der Waals surface area (Å²) in [6.07, 6.45) is 0. The second-order valence-corrected chi connectivity index (χ2v) is 5.37. The smallest absolute Gasteiger partial charge is 0.259 e. The highest BCUT2D eigenvalue weighted by atomic mass is 16.5. The molecule has 0 unspecified atom stereocenters. The molecule has 0 bridgehead atoms. The van der Waals surface area contributed by atoms with E-state index in [9.17, 15) is 9.59 Å². The second-order valence-electron chi connectivity index (χ2n) is 5.37. The van der Waals surface area contributed by atoms with Crippen LogP contribution < -0.4 is 15.4 Å². The maximum absolute atomic E-state index is 12.6. The molecule has 23 heavy (non-hydrogen) atoms. The molecule has 5 nitrogen and oxygen atoms in total. The number of methoxy groups -OCH3 is 1. The van der Waals surface area contributed by atoms with Crippen molar-refractivity contribution >= 4 is 23.2 Å². The van der Waals surface area contributed by atoms with Gasteiger partial charge in [-0.05, 0) is 43.7 Å². The van der Waals surface area contributed by atoms with Crippen LogP contribution in [-0.4, -0.2) is 18.9 Å². The molecule has 0 aliphatic heterocycles. The number of carbonyl (C=O) groups excluding carboxylic acids is 2. The van der Waals surface area contributed by atoms with Gasteiger partial charge >= 0.3 is 0 Å². The monoisotopic (exact) mass is 312 g/mol. The first-order chi connectivity index (χ1) is 10.9. The van der Waals surface area contributed by atoms with Gasteiger partial charge in [0.2, 0.25) is 5.91 Å². The highest BCUT2D eigenvalue weighted by Gasteiger charge is 2.14. The number of amides is 2. The van der Waals surface area contributed by atoms with Crippen molar-refractivity contribution in [3.8, 4) is 5.75 Å². The van der Waals surface area contributed by atoms with Crippen LogP contribution in [0.4, 0.5) is 11.4 Å². The first kappa shape index (κ1) is 16.5. The van der Waals surface area contributed by atoms with E-state index in [0.29, 0.717) is 17.0 Å². The number of hydrogen-bond acceptors (Lipinski definition) is 3. The van der Waals surface area contributed by atoms with Gasteiger partial charge in [0.05, 0.1) is 12.7 Å². The lowest BCUT2D eigenvalue weighted by molar-refractivity contribution is -0.114. The second kappa shape index (κ2) is 6.96. The van der Waals surface area contributed by atoms with Crippen molar-refractivity contribution < 1.29 is 14.3 Å². The Hall–Kier alpha value is -2.82. The predicted molar refractivity (Wildman–Crippen MR) is 91.2 cm³/mol. The van der Waals surface area contributed by atoms with E-state index < -0.39 is 0 Å². The Morgan fingerprint density at radius 3 is 2.35 bits per heavy atom. The molecule has 0 aromatic heterocycles. The summed E-state index contributed by atoms with van der Waals surface area (Å²) in [5.41, 5.74) is 3.76. The predicted octanol–water partition coefficient (Wildman–Crippen LogP) is 3.52. The van der Waals surface area contributed by atoms with Crippen molar-refractivity contribution in [3.05, 3.63) is 53.1 Å². The van der Waals surface area contributed by atoms with E-state index in [4.69, 9.17) is 4.74 Å². The van der Waals surface area contributed by atoms with Crippen LogP contribution in [0.5, 0.6) is 5.75 Å². The van der Waals surface area contributed by atoms with Crippen molar-refractivity contribution in [2.24, 2.45) is 0 Å². The Labute approximate surface area is 135 Å². The molecule has 0 heterocycles. The molecule has 0 saturated carbocycles. The maximum atomic E-state index is 12.6. The van der Waals surface area contributed by atoms with E-state index in [1.807, 2.05) is 32.0 Å². The molecule has 2 amide bonds. The summed E-state index contributed by atoms with van der Waals surface area (Å²) in [7, 11) is 1.50. The average molecular weight is 312 g/mol. The van der Waals surface area contributed by atoms with Crippen molar-refractivity contribution in [2.45, 2.75) is 20.8 Å². The minimum Gasteiger partial charge on any atom is -0.496 e. The molecule has 0 spiro atoms. The van der Waals surface area contributed by atoms with Crippen molar-refractivity contribution in [2.75, 3.05) is 17.7 Å². The van der Waals surface area contributed by atoms with E-state index in [0.717, 1.165) is 16.8 Å². The third kappa shape index (κ3) is 4.10. The highest BCUT2D eigenvalue weighted by Crippen LogP contribution is 2.25. The highest BCUT2D eigenvalue weighted by molar-refractivity contribution is 6.07. The van der Waals surface area contributed by atoms with E-state index in [1.165, 1.54) is 14.0 Å². The zero-order valence-corrected chi connectivity index (χ0v) is 13.7. The van der Waals surface area contributed by atoms with Crippen molar-refractivity contribution in [3.63, 3.8) is 0 Å². The van der Waals surface area contributed by atoms with Crippen LogP contribution >= 0.6 is 0 Å². The third-order valence-electron chi connectivity index (χ3n) is 3.39. The fraction of sp³-hybridized carbons (Fsp3) is 0.222. The molecule has 2 N–H and O–H groups in total. The van der Waals surface area contributed by atoms with Gasteiger partial charge < -0.3 is 15.4 Å². The quantitative estimate of drug-likeness (QED) is 0.907. The lowest BCUT2D eigenvalue weighted by atomic mass is 10.1. The van der Waals surface area contributed by atoms with Gasteiger partial charge in [-0.1, -0.05) is 17.7 Å². The van der Waals surface area contributed by atoms with Gasteiger partial charge in [0.25, 0.3) is 5.91 Å².